The molecule has 1 fully saturated rings. The van der Waals surface area contributed by atoms with Crippen molar-refractivity contribution in [3.05, 3.63) is 23.8 Å². The predicted molar refractivity (Wildman–Crippen MR) is 159 cm³/mol. The third-order valence-corrected chi connectivity index (χ3v) is 8.75. The van der Waals surface area contributed by atoms with Crippen LogP contribution in [0, 0.1) is 11.8 Å². The molecule has 0 bridgehead atoms. The van der Waals surface area contributed by atoms with Crippen molar-refractivity contribution in [2.24, 2.45) is 11.8 Å². The van der Waals surface area contributed by atoms with E-state index in [0.29, 0.717) is 24.6 Å². The van der Waals surface area contributed by atoms with Crippen LogP contribution in [-0.4, -0.2) is 93.6 Å². The number of carbonyl (C=O) groups excluding carboxylic acids is 1. The van der Waals surface area contributed by atoms with Gasteiger partial charge in [0, 0.05) is 37.8 Å². The number of nitrogens with one attached hydrogen (secondary N) is 1. The maximum absolute atomic E-state index is 14.1. The summed E-state index contributed by atoms with van der Waals surface area (Å²) in [6, 6.07) is 4.35. The quantitative estimate of drug-likeness (QED) is 0.470. The van der Waals surface area contributed by atoms with E-state index >= 15 is 0 Å². The fourth-order valence-electron chi connectivity index (χ4n) is 5.85. The molecular weight excluding hydrogens is 530 g/mol. The summed E-state index contributed by atoms with van der Waals surface area (Å²) in [5.41, 5.74) is 0.569. The zero-order chi connectivity index (χ0) is 29.3. The van der Waals surface area contributed by atoms with Crippen LogP contribution in [0.25, 0.3) is 0 Å². The van der Waals surface area contributed by atoms with E-state index < -0.39 is 16.1 Å². The molecule has 0 unspecified atom stereocenters. The van der Waals surface area contributed by atoms with Crippen molar-refractivity contribution in [3.8, 4) is 5.75 Å². The number of aliphatic hydroxyl groups excluding tert-OH is 1. The predicted octanol–water partition coefficient (Wildman–Crippen LogP) is 4.37. The highest BCUT2D eigenvalue weighted by atomic mass is 32.2. The van der Waals surface area contributed by atoms with Crippen molar-refractivity contribution >= 4 is 21.6 Å². The Kier molecular flexibility index (Phi) is 12.5. The van der Waals surface area contributed by atoms with Crippen molar-refractivity contribution in [1.82, 2.24) is 9.80 Å². The normalized spacial score (nSPS) is 25.1. The van der Waals surface area contributed by atoms with Gasteiger partial charge in [0.25, 0.3) is 5.91 Å². The first kappa shape index (κ1) is 32.6. The number of aliphatic hydroxyl groups is 1. The molecule has 0 radical (unpaired) electrons. The number of nitrogens with zero attached hydrogens (tertiary/aromatic N) is 2. The second kappa shape index (κ2) is 15.4. The summed E-state index contributed by atoms with van der Waals surface area (Å²) in [5.74, 6) is 0.846. The molecule has 0 aromatic heterocycles. The Hall–Kier alpha value is -1.88. The van der Waals surface area contributed by atoms with Crippen molar-refractivity contribution in [2.45, 2.75) is 90.4 Å². The van der Waals surface area contributed by atoms with Gasteiger partial charge in [0.15, 0.2) is 0 Å². The number of carbonyl (C=O) groups is 1. The number of ether oxygens (including phenoxy) is 2. The van der Waals surface area contributed by atoms with Gasteiger partial charge in [-0.2, -0.15) is 0 Å². The van der Waals surface area contributed by atoms with Crippen LogP contribution in [-0.2, 0) is 14.8 Å². The van der Waals surface area contributed by atoms with Crippen LogP contribution in [0.15, 0.2) is 18.2 Å². The number of rotatable bonds is 8. The molecule has 228 valence electrons. The van der Waals surface area contributed by atoms with Crippen molar-refractivity contribution in [3.63, 3.8) is 0 Å². The lowest BCUT2D eigenvalue weighted by Crippen LogP contribution is -2.47. The lowest BCUT2D eigenvalue weighted by molar-refractivity contribution is -0.0190. The Labute approximate surface area is 241 Å². The Morgan fingerprint density at radius 1 is 1.10 bits per heavy atom. The SMILES string of the molecule is C[C@@H]1CCCCO[C@H](CN(C)CC2CCCCC2)[C@@H](C)CN([C@H](C)CO)C(=O)c2cc(NS(C)(=O)=O)ccc2O1. The number of likely N-dealkylation sites (N-methyl/N-ethyl adjacent to an activating group) is 1. The summed E-state index contributed by atoms with van der Waals surface area (Å²) >= 11 is 0. The second-order valence-electron chi connectivity index (χ2n) is 12.1. The molecule has 10 heteroatoms. The average Bonchev–Trinajstić information content (AvgIpc) is 2.90. The van der Waals surface area contributed by atoms with Gasteiger partial charge in [-0.05, 0) is 77.1 Å². The summed E-state index contributed by atoms with van der Waals surface area (Å²) in [6.07, 6.45) is 10.1. The molecule has 4 atom stereocenters. The summed E-state index contributed by atoms with van der Waals surface area (Å²) in [7, 11) is -1.36. The Morgan fingerprint density at radius 3 is 2.48 bits per heavy atom. The van der Waals surface area contributed by atoms with Gasteiger partial charge in [0.05, 0.1) is 36.7 Å². The molecule has 40 heavy (non-hydrogen) atoms. The number of anilines is 1. The average molecular weight is 582 g/mol. The van der Waals surface area contributed by atoms with E-state index in [1.165, 1.54) is 38.2 Å². The standard InChI is InChI=1S/C30H51N3O6S/c1-22-18-33(23(2)21-34)30(35)27-17-26(31-40(5,36)37)14-15-28(27)39-24(3)11-9-10-16-38-29(22)20-32(4)19-25-12-7-6-8-13-25/h14-15,17,22-25,29,31,34H,6-13,16,18-21H2,1-5H3/t22-,23+,24+,29+/m0/s1. The van der Waals surface area contributed by atoms with E-state index in [-0.39, 0.29) is 36.2 Å². The Bertz CT molecular complexity index is 1050. The zero-order valence-corrected chi connectivity index (χ0v) is 25.9. The third-order valence-electron chi connectivity index (χ3n) is 8.14. The second-order valence-corrected chi connectivity index (χ2v) is 13.9. The van der Waals surface area contributed by atoms with Gasteiger partial charge >= 0.3 is 0 Å². The third kappa shape index (κ3) is 10.2. The lowest BCUT2D eigenvalue weighted by atomic mass is 9.89. The molecule has 1 heterocycles. The summed E-state index contributed by atoms with van der Waals surface area (Å²) in [6.45, 7) is 8.59. The molecule has 1 aliphatic heterocycles. The van der Waals surface area contributed by atoms with Gasteiger partial charge in [-0.3, -0.25) is 9.52 Å². The fraction of sp³-hybridized carbons (Fsp3) is 0.767. The molecule has 1 saturated carbocycles. The van der Waals surface area contributed by atoms with Crippen LogP contribution >= 0.6 is 0 Å². The molecular formula is C30H51N3O6S. The maximum Gasteiger partial charge on any atom is 0.258 e. The van der Waals surface area contributed by atoms with E-state index in [4.69, 9.17) is 9.47 Å². The van der Waals surface area contributed by atoms with Crippen molar-refractivity contribution in [2.75, 3.05) is 50.9 Å². The molecule has 1 aliphatic carbocycles. The molecule has 3 rings (SSSR count). The number of sulfonamides is 1. The molecule has 0 spiro atoms. The van der Waals surface area contributed by atoms with Crippen LogP contribution in [0.5, 0.6) is 5.75 Å². The van der Waals surface area contributed by atoms with E-state index in [0.717, 1.165) is 44.5 Å². The highest BCUT2D eigenvalue weighted by Crippen LogP contribution is 2.29. The first-order valence-electron chi connectivity index (χ1n) is 15.0. The maximum atomic E-state index is 14.1. The largest absolute Gasteiger partial charge is 0.490 e. The number of benzene rings is 1. The Balaban J connectivity index is 1.89. The zero-order valence-electron chi connectivity index (χ0n) is 25.1. The topological polar surface area (TPSA) is 108 Å². The van der Waals surface area contributed by atoms with E-state index in [1.54, 1.807) is 17.0 Å². The minimum atomic E-state index is -3.53. The van der Waals surface area contributed by atoms with Crippen LogP contribution in [0.1, 0.15) is 82.5 Å². The van der Waals surface area contributed by atoms with E-state index in [1.807, 2.05) is 13.8 Å². The van der Waals surface area contributed by atoms with Crippen LogP contribution in [0.4, 0.5) is 5.69 Å². The highest BCUT2D eigenvalue weighted by molar-refractivity contribution is 7.92. The van der Waals surface area contributed by atoms with Crippen molar-refractivity contribution in [1.29, 1.82) is 0 Å². The van der Waals surface area contributed by atoms with Gasteiger partial charge in [0.2, 0.25) is 10.0 Å². The van der Waals surface area contributed by atoms with Gasteiger partial charge in [0.1, 0.15) is 5.75 Å². The summed E-state index contributed by atoms with van der Waals surface area (Å²) in [4.78, 5) is 18.1. The van der Waals surface area contributed by atoms with Crippen LogP contribution in [0.2, 0.25) is 0 Å². The minimum Gasteiger partial charge on any atom is -0.490 e. The monoisotopic (exact) mass is 581 g/mol. The molecule has 1 aromatic rings. The number of amides is 1. The molecule has 1 aromatic carbocycles. The van der Waals surface area contributed by atoms with Gasteiger partial charge in [-0.15, -0.1) is 0 Å². The molecule has 2 N–H and O–H groups in total. The summed E-state index contributed by atoms with van der Waals surface area (Å²) in [5, 5.41) is 10.1. The number of hydrogen-bond donors (Lipinski definition) is 2. The van der Waals surface area contributed by atoms with E-state index in [9.17, 15) is 18.3 Å². The van der Waals surface area contributed by atoms with E-state index in [2.05, 4.69) is 23.6 Å². The molecule has 1 amide bonds. The van der Waals surface area contributed by atoms with Crippen molar-refractivity contribution < 1.29 is 27.8 Å². The Morgan fingerprint density at radius 2 is 1.80 bits per heavy atom. The van der Waals surface area contributed by atoms with Gasteiger partial charge in [-0.25, -0.2) is 8.42 Å². The number of fused-ring (bicyclic) bond motifs is 1. The first-order chi connectivity index (χ1) is 19.0. The van der Waals surface area contributed by atoms with Gasteiger partial charge < -0.3 is 24.4 Å². The van der Waals surface area contributed by atoms with Crippen LogP contribution in [0.3, 0.4) is 0 Å². The smallest absolute Gasteiger partial charge is 0.258 e. The molecule has 9 nitrogen and oxygen atoms in total. The molecule has 0 saturated heterocycles. The minimum absolute atomic E-state index is 0.00955. The summed E-state index contributed by atoms with van der Waals surface area (Å²) < 4.78 is 38.9. The van der Waals surface area contributed by atoms with Crippen LogP contribution < -0.4 is 9.46 Å². The van der Waals surface area contributed by atoms with Gasteiger partial charge in [-0.1, -0.05) is 26.2 Å². The fourth-order valence-corrected chi connectivity index (χ4v) is 6.41. The molecule has 2 aliphatic rings. The number of hydrogen-bond acceptors (Lipinski definition) is 7. The highest BCUT2D eigenvalue weighted by Gasteiger charge is 2.31. The lowest BCUT2D eigenvalue weighted by Gasteiger charge is -2.36. The first-order valence-corrected chi connectivity index (χ1v) is 16.9.